The highest BCUT2D eigenvalue weighted by molar-refractivity contribution is 8.00. The Morgan fingerprint density at radius 3 is 3.00 bits per heavy atom. The number of hydrogen-bond acceptors (Lipinski definition) is 5. The number of carbonyl (C=O) groups excluding carboxylic acids is 1. The van der Waals surface area contributed by atoms with Gasteiger partial charge in [-0.05, 0) is 37.7 Å². The SMILES string of the molecule is Cn1c(S[C@@H]2CCCCNC2=O)nc2sc3c(c2c1=O)CCC3. The Balaban J connectivity index is 1.74. The summed E-state index contributed by atoms with van der Waals surface area (Å²) in [6, 6.07) is 0. The normalized spacial score (nSPS) is 21.3. The zero-order chi connectivity index (χ0) is 16.0. The van der Waals surface area contributed by atoms with Gasteiger partial charge < -0.3 is 5.32 Å². The van der Waals surface area contributed by atoms with Crippen molar-refractivity contribution in [2.45, 2.75) is 48.9 Å². The van der Waals surface area contributed by atoms with E-state index in [1.807, 2.05) is 0 Å². The maximum atomic E-state index is 12.8. The number of aryl methyl sites for hydroxylation is 2. The first kappa shape index (κ1) is 15.2. The highest BCUT2D eigenvalue weighted by Gasteiger charge is 2.26. The summed E-state index contributed by atoms with van der Waals surface area (Å²) in [6.07, 6.45) is 6.08. The monoisotopic (exact) mass is 349 g/mol. The number of carbonyl (C=O) groups is 1. The molecule has 0 radical (unpaired) electrons. The summed E-state index contributed by atoms with van der Waals surface area (Å²) in [5.74, 6) is 0.0653. The van der Waals surface area contributed by atoms with Crippen LogP contribution in [-0.4, -0.2) is 27.3 Å². The van der Waals surface area contributed by atoms with Crippen LogP contribution in [0.3, 0.4) is 0 Å². The summed E-state index contributed by atoms with van der Waals surface area (Å²) in [7, 11) is 1.77. The van der Waals surface area contributed by atoms with Gasteiger partial charge in [0.15, 0.2) is 5.16 Å². The van der Waals surface area contributed by atoms with Gasteiger partial charge in [0.1, 0.15) is 4.83 Å². The molecule has 2 aliphatic rings. The zero-order valence-corrected chi connectivity index (χ0v) is 14.7. The van der Waals surface area contributed by atoms with Crippen LogP contribution < -0.4 is 10.9 Å². The number of hydrogen-bond donors (Lipinski definition) is 1. The quantitative estimate of drug-likeness (QED) is 0.845. The first-order valence-electron chi connectivity index (χ1n) is 8.11. The number of nitrogens with zero attached hydrogens (tertiary/aromatic N) is 2. The van der Waals surface area contributed by atoms with Gasteiger partial charge in [-0.2, -0.15) is 0 Å². The molecule has 1 N–H and O–H groups in total. The number of aromatic nitrogens is 2. The van der Waals surface area contributed by atoms with Crippen molar-refractivity contribution >= 4 is 39.2 Å². The van der Waals surface area contributed by atoms with Crippen LogP contribution in [0, 0.1) is 0 Å². The molecule has 0 unspecified atom stereocenters. The molecule has 122 valence electrons. The molecule has 7 heteroatoms. The van der Waals surface area contributed by atoms with Gasteiger partial charge >= 0.3 is 0 Å². The number of fused-ring (bicyclic) bond motifs is 3. The van der Waals surface area contributed by atoms with E-state index < -0.39 is 0 Å². The van der Waals surface area contributed by atoms with E-state index >= 15 is 0 Å². The largest absolute Gasteiger partial charge is 0.355 e. The topological polar surface area (TPSA) is 64.0 Å². The van der Waals surface area contributed by atoms with Crippen LogP contribution in [0.15, 0.2) is 9.95 Å². The molecule has 23 heavy (non-hydrogen) atoms. The minimum absolute atomic E-state index is 0.0333. The molecule has 1 amide bonds. The van der Waals surface area contributed by atoms with Crippen molar-refractivity contribution in [2.24, 2.45) is 7.05 Å². The van der Waals surface area contributed by atoms with E-state index in [0.717, 1.165) is 55.3 Å². The fourth-order valence-corrected chi connectivity index (χ4v) is 5.79. The summed E-state index contributed by atoms with van der Waals surface area (Å²) < 4.78 is 1.62. The Morgan fingerprint density at radius 1 is 1.26 bits per heavy atom. The van der Waals surface area contributed by atoms with E-state index in [4.69, 9.17) is 4.98 Å². The van der Waals surface area contributed by atoms with E-state index in [2.05, 4.69) is 5.32 Å². The maximum Gasteiger partial charge on any atom is 0.262 e. The molecule has 4 rings (SSSR count). The van der Waals surface area contributed by atoms with Crippen LogP contribution in [0.4, 0.5) is 0 Å². The molecule has 0 aromatic carbocycles. The van der Waals surface area contributed by atoms with Crippen LogP contribution >= 0.6 is 23.1 Å². The molecule has 0 saturated carbocycles. The van der Waals surface area contributed by atoms with Crippen LogP contribution in [0.25, 0.3) is 10.2 Å². The molecule has 3 heterocycles. The molecule has 1 aliphatic heterocycles. The number of thiophene rings is 1. The van der Waals surface area contributed by atoms with Crippen molar-refractivity contribution < 1.29 is 4.79 Å². The van der Waals surface area contributed by atoms with Crippen molar-refractivity contribution in [1.29, 1.82) is 0 Å². The highest BCUT2D eigenvalue weighted by atomic mass is 32.2. The third-order valence-electron chi connectivity index (χ3n) is 4.64. The number of rotatable bonds is 2. The average Bonchev–Trinajstić information content (AvgIpc) is 3.04. The van der Waals surface area contributed by atoms with Gasteiger partial charge in [-0.3, -0.25) is 14.2 Å². The number of thioether (sulfide) groups is 1. The molecular weight excluding hydrogens is 330 g/mol. The average molecular weight is 349 g/mol. The summed E-state index contributed by atoms with van der Waals surface area (Å²) in [5.41, 5.74) is 1.24. The fourth-order valence-electron chi connectivity index (χ4n) is 3.36. The van der Waals surface area contributed by atoms with Gasteiger partial charge in [0.2, 0.25) is 5.91 Å². The Kier molecular flexibility index (Phi) is 3.93. The highest BCUT2D eigenvalue weighted by Crippen LogP contribution is 2.36. The molecule has 0 bridgehead atoms. The van der Waals surface area contributed by atoms with Crippen molar-refractivity contribution in [3.8, 4) is 0 Å². The number of amides is 1. The summed E-state index contributed by atoms with van der Waals surface area (Å²) in [4.78, 5) is 31.8. The predicted octanol–water partition coefficient (Wildman–Crippen LogP) is 2.24. The summed E-state index contributed by atoms with van der Waals surface area (Å²) >= 11 is 3.08. The fraction of sp³-hybridized carbons (Fsp3) is 0.562. The van der Waals surface area contributed by atoms with Crippen LogP contribution in [0.1, 0.15) is 36.1 Å². The minimum Gasteiger partial charge on any atom is -0.355 e. The third-order valence-corrected chi connectivity index (χ3v) is 7.13. The van der Waals surface area contributed by atoms with Gasteiger partial charge in [0.25, 0.3) is 5.56 Å². The van der Waals surface area contributed by atoms with E-state index in [1.54, 1.807) is 23.0 Å². The Labute approximate surface area is 142 Å². The second kappa shape index (κ2) is 5.94. The molecule has 2 aromatic rings. The molecule has 2 aromatic heterocycles. The first-order chi connectivity index (χ1) is 11.1. The first-order valence-corrected chi connectivity index (χ1v) is 9.80. The zero-order valence-electron chi connectivity index (χ0n) is 13.1. The molecule has 1 fully saturated rings. The lowest BCUT2D eigenvalue weighted by Gasteiger charge is -2.14. The van der Waals surface area contributed by atoms with E-state index in [0.29, 0.717) is 5.16 Å². The summed E-state index contributed by atoms with van der Waals surface area (Å²) in [6.45, 7) is 0.749. The lowest BCUT2D eigenvalue weighted by molar-refractivity contribution is -0.120. The van der Waals surface area contributed by atoms with Gasteiger partial charge in [-0.25, -0.2) is 4.98 Å². The van der Waals surface area contributed by atoms with Crippen molar-refractivity contribution in [1.82, 2.24) is 14.9 Å². The lowest BCUT2D eigenvalue weighted by atomic mass is 10.2. The maximum absolute atomic E-state index is 12.8. The molecular formula is C16H19N3O2S2. The van der Waals surface area contributed by atoms with E-state index in [-0.39, 0.29) is 16.7 Å². The molecule has 1 aliphatic carbocycles. The van der Waals surface area contributed by atoms with Crippen LogP contribution in [0.5, 0.6) is 0 Å². The van der Waals surface area contributed by atoms with E-state index in [1.165, 1.54) is 22.2 Å². The Bertz CT molecular complexity index is 840. The molecule has 1 saturated heterocycles. The van der Waals surface area contributed by atoms with Gasteiger partial charge in [0.05, 0.1) is 10.6 Å². The molecule has 0 spiro atoms. The second-order valence-electron chi connectivity index (χ2n) is 6.19. The van der Waals surface area contributed by atoms with Crippen LogP contribution in [0.2, 0.25) is 0 Å². The molecule has 5 nitrogen and oxygen atoms in total. The van der Waals surface area contributed by atoms with Gasteiger partial charge in [-0.1, -0.05) is 18.2 Å². The predicted molar refractivity (Wildman–Crippen MR) is 93.4 cm³/mol. The third kappa shape index (κ3) is 2.59. The Hall–Kier alpha value is -1.34. The smallest absolute Gasteiger partial charge is 0.262 e. The van der Waals surface area contributed by atoms with Crippen molar-refractivity contribution in [3.05, 3.63) is 20.8 Å². The second-order valence-corrected chi connectivity index (χ2v) is 8.44. The summed E-state index contributed by atoms with van der Waals surface area (Å²) in [5, 5.41) is 4.25. The van der Waals surface area contributed by atoms with Crippen molar-refractivity contribution in [3.63, 3.8) is 0 Å². The Morgan fingerprint density at radius 2 is 2.13 bits per heavy atom. The lowest BCUT2D eigenvalue weighted by Crippen LogP contribution is -2.31. The number of nitrogens with one attached hydrogen (secondary N) is 1. The minimum atomic E-state index is -0.153. The van der Waals surface area contributed by atoms with Gasteiger partial charge in [-0.15, -0.1) is 11.3 Å². The standard InChI is InChI=1S/C16H19N3O2S2/c1-19-15(21)12-9-5-4-7-10(9)22-14(12)18-16(19)23-11-6-2-3-8-17-13(11)20/h11H,2-8H2,1H3,(H,17,20)/t11-/m1/s1. The van der Waals surface area contributed by atoms with E-state index in [9.17, 15) is 9.59 Å². The van der Waals surface area contributed by atoms with Gasteiger partial charge in [0, 0.05) is 18.5 Å². The van der Waals surface area contributed by atoms with Crippen molar-refractivity contribution in [2.75, 3.05) is 6.54 Å². The van der Waals surface area contributed by atoms with Crippen LogP contribution in [-0.2, 0) is 24.7 Å². The molecule has 1 atom stereocenters.